The zero-order chi connectivity index (χ0) is 23.4. The Morgan fingerprint density at radius 3 is 2.55 bits per heavy atom. The van der Waals surface area contributed by atoms with Gasteiger partial charge in [0.15, 0.2) is 0 Å². The Balaban J connectivity index is 1.52. The molecule has 0 bridgehead atoms. The van der Waals surface area contributed by atoms with Crippen LogP contribution in [-0.2, 0) is 27.6 Å². The molecule has 4 aromatic rings. The van der Waals surface area contributed by atoms with Gasteiger partial charge in [-0.2, -0.15) is 0 Å². The molecule has 1 aromatic heterocycles. The summed E-state index contributed by atoms with van der Waals surface area (Å²) in [4.78, 5) is 12.9. The Morgan fingerprint density at radius 2 is 1.79 bits per heavy atom. The van der Waals surface area contributed by atoms with E-state index in [2.05, 4.69) is 5.32 Å². The van der Waals surface area contributed by atoms with E-state index in [1.807, 2.05) is 30.3 Å². The molecule has 0 radical (unpaired) electrons. The van der Waals surface area contributed by atoms with Crippen LogP contribution in [0.15, 0.2) is 88.8 Å². The molecular weight excluding hydrogens is 460 g/mol. The average molecular weight is 483 g/mol. The van der Waals surface area contributed by atoms with Crippen LogP contribution in [0.3, 0.4) is 0 Å². The van der Waals surface area contributed by atoms with Crippen molar-refractivity contribution in [2.24, 2.45) is 0 Å². The van der Waals surface area contributed by atoms with Crippen molar-refractivity contribution in [3.8, 4) is 5.75 Å². The lowest BCUT2D eigenvalue weighted by atomic mass is 10.1. The number of sulfone groups is 1. The molecule has 3 aromatic carbocycles. The fourth-order valence-corrected chi connectivity index (χ4v) is 5.29. The molecule has 0 aliphatic heterocycles. The van der Waals surface area contributed by atoms with Crippen LogP contribution in [0.25, 0.3) is 10.9 Å². The lowest BCUT2D eigenvalue weighted by molar-refractivity contribution is -0.121. The van der Waals surface area contributed by atoms with Crippen molar-refractivity contribution >= 4 is 38.2 Å². The van der Waals surface area contributed by atoms with Crippen LogP contribution in [0.5, 0.6) is 5.75 Å². The summed E-state index contributed by atoms with van der Waals surface area (Å²) in [5.41, 5.74) is 1.73. The number of benzene rings is 3. The van der Waals surface area contributed by atoms with Crippen LogP contribution in [0.4, 0.5) is 0 Å². The first-order valence-corrected chi connectivity index (χ1v) is 12.2. The lowest BCUT2D eigenvalue weighted by Crippen LogP contribution is -2.29. The van der Waals surface area contributed by atoms with E-state index in [1.54, 1.807) is 42.0 Å². The average Bonchev–Trinajstić information content (AvgIpc) is 3.19. The van der Waals surface area contributed by atoms with Gasteiger partial charge in [0.25, 0.3) is 0 Å². The number of hydrogen-bond acceptors (Lipinski definition) is 4. The molecule has 0 aliphatic rings. The highest BCUT2D eigenvalue weighted by molar-refractivity contribution is 7.91. The van der Waals surface area contributed by atoms with E-state index in [0.717, 1.165) is 11.3 Å². The second-order valence-electron chi connectivity index (χ2n) is 7.55. The zero-order valence-electron chi connectivity index (χ0n) is 18.0. The Morgan fingerprint density at radius 1 is 1.03 bits per heavy atom. The quantitative estimate of drug-likeness (QED) is 0.401. The number of amides is 1. The van der Waals surface area contributed by atoms with E-state index < -0.39 is 9.84 Å². The smallest absolute Gasteiger partial charge is 0.239 e. The van der Waals surface area contributed by atoms with E-state index in [-0.39, 0.29) is 22.2 Å². The van der Waals surface area contributed by atoms with E-state index in [4.69, 9.17) is 16.3 Å². The number of aromatic nitrogens is 1. The van der Waals surface area contributed by atoms with Gasteiger partial charge < -0.3 is 14.6 Å². The largest absolute Gasteiger partial charge is 0.497 e. The van der Waals surface area contributed by atoms with Crippen molar-refractivity contribution in [1.29, 1.82) is 0 Å². The van der Waals surface area contributed by atoms with Gasteiger partial charge in [0.2, 0.25) is 15.7 Å². The first-order chi connectivity index (χ1) is 15.9. The van der Waals surface area contributed by atoms with Crippen molar-refractivity contribution in [3.63, 3.8) is 0 Å². The molecule has 1 heterocycles. The number of rotatable bonds is 8. The molecule has 170 valence electrons. The maximum absolute atomic E-state index is 13.3. The maximum atomic E-state index is 13.3. The molecule has 6 nitrogen and oxygen atoms in total. The van der Waals surface area contributed by atoms with Gasteiger partial charge in [0.05, 0.1) is 16.9 Å². The molecule has 4 rings (SSSR count). The van der Waals surface area contributed by atoms with Gasteiger partial charge in [0.1, 0.15) is 12.3 Å². The summed E-state index contributed by atoms with van der Waals surface area (Å²) in [6.45, 7) is 0.468. The SMILES string of the molecule is COc1cccc(CCNC(=O)Cn2cc(S(=O)(=O)c3ccc(Cl)cc3)c3ccccc32)c1. The number of halogens is 1. The zero-order valence-corrected chi connectivity index (χ0v) is 19.6. The van der Waals surface area contributed by atoms with E-state index in [9.17, 15) is 13.2 Å². The lowest BCUT2D eigenvalue weighted by Gasteiger charge is -2.08. The van der Waals surface area contributed by atoms with Gasteiger partial charge in [-0.25, -0.2) is 8.42 Å². The summed E-state index contributed by atoms with van der Waals surface area (Å²) in [5, 5.41) is 3.93. The molecule has 0 aliphatic carbocycles. The van der Waals surface area contributed by atoms with Crippen LogP contribution in [-0.4, -0.2) is 32.5 Å². The minimum Gasteiger partial charge on any atom is -0.497 e. The van der Waals surface area contributed by atoms with E-state index >= 15 is 0 Å². The number of methoxy groups -OCH3 is 1. The minimum absolute atomic E-state index is 0.00869. The highest BCUT2D eigenvalue weighted by Crippen LogP contribution is 2.30. The highest BCUT2D eigenvalue weighted by atomic mass is 35.5. The number of carbonyl (C=O) groups is 1. The summed E-state index contributed by atoms with van der Waals surface area (Å²) in [7, 11) is -2.17. The molecule has 0 saturated heterocycles. The minimum atomic E-state index is -3.78. The molecule has 0 spiro atoms. The maximum Gasteiger partial charge on any atom is 0.239 e. The van der Waals surface area contributed by atoms with Gasteiger partial charge in [-0.15, -0.1) is 0 Å². The first-order valence-electron chi connectivity index (χ1n) is 10.4. The number of fused-ring (bicyclic) bond motifs is 1. The third kappa shape index (κ3) is 5.05. The van der Waals surface area contributed by atoms with Crippen LogP contribution in [0.2, 0.25) is 5.02 Å². The Hall–Kier alpha value is -3.29. The van der Waals surface area contributed by atoms with Crippen LogP contribution < -0.4 is 10.1 Å². The summed E-state index contributed by atoms with van der Waals surface area (Å²) >= 11 is 5.91. The van der Waals surface area contributed by atoms with Gasteiger partial charge >= 0.3 is 0 Å². The number of para-hydroxylation sites is 1. The number of ether oxygens (including phenoxy) is 1. The third-order valence-corrected chi connectivity index (χ3v) is 7.40. The van der Waals surface area contributed by atoms with Crippen molar-refractivity contribution in [3.05, 3.63) is 89.6 Å². The molecule has 33 heavy (non-hydrogen) atoms. The fourth-order valence-electron chi connectivity index (χ4n) is 3.68. The third-order valence-electron chi connectivity index (χ3n) is 5.35. The van der Waals surface area contributed by atoms with E-state index in [1.165, 1.54) is 18.3 Å². The number of carbonyl (C=O) groups excluding carboxylic acids is 1. The molecule has 0 atom stereocenters. The molecule has 1 amide bonds. The standard InChI is InChI=1S/C25H23ClN2O4S/c1-32-20-6-4-5-18(15-20)13-14-27-25(29)17-28-16-24(22-7-2-3-8-23(22)28)33(30,31)21-11-9-19(26)10-12-21/h2-12,15-16H,13-14,17H2,1H3,(H,27,29). The summed E-state index contributed by atoms with van der Waals surface area (Å²) in [6.07, 6.45) is 2.18. The molecule has 0 unspecified atom stereocenters. The van der Waals surface area contributed by atoms with Crippen molar-refractivity contribution in [2.45, 2.75) is 22.8 Å². The highest BCUT2D eigenvalue weighted by Gasteiger charge is 2.23. The Labute approximate surface area is 197 Å². The van der Waals surface area contributed by atoms with Crippen molar-refractivity contribution in [1.82, 2.24) is 9.88 Å². The van der Waals surface area contributed by atoms with Crippen LogP contribution >= 0.6 is 11.6 Å². The monoisotopic (exact) mass is 482 g/mol. The molecule has 8 heteroatoms. The van der Waals surface area contributed by atoms with Crippen LogP contribution in [0.1, 0.15) is 5.56 Å². The van der Waals surface area contributed by atoms with E-state index in [0.29, 0.717) is 28.9 Å². The Bertz CT molecular complexity index is 1400. The van der Waals surface area contributed by atoms with Crippen LogP contribution in [0, 0.1) is 0 Å². The number of nitrogens with one attached hydrogen (secondary N) is 1. The summed E-state index contributed by atoms with van der Waals surface area (Å²) in [5.74, 6) is 0.571. The van der Waals surface area contributed by atoms with Crippen molar-refractivity contribution < 1.29 is 17.9 Å². The van der Waals surface area contributed by atoms with Gasteiger partial charge in [-0.05, 0) is 54.4 Å². The molecule has 0 saturated carbocycles. The second kappa shape index (κ2) is 9.68. The normalized spacial score (nSPS) is 11.5. The van der Waals surface area contributed by atoms with Gasteiger partial charge in [-0.3, -0.25) is 4.79 Å². The van der Waals surface area contributed by atoms with Gasteiger partial charge in [0, 0.05) is 28.7 Å². The fraction of sp³-hybridized carbons (Fsp3) is 0.160. The molecule has 1 N–H and O–H groups in total. The Kier molecular flexibility index (Phi) is 6.72. The number of nitrogens with zero attached hydrogens (tertiary/aromatic N) is 1. The molecular formula is C25H23ClN2O4S. The summed E-state index contributed by atoms with van der Waals surface area (Å²) < 4.78 is 33.4. The van der Waals surface area contributed by atoms with Crippen molar-refractivity contribution in [2.75, 3.05) is 13.7 Å². The number of hydrogen-bond donors (Lipinski definition) is 1. The van der Waals surface area contributed by atoms with Gasteiger partial charge in [-0.1, -0.05) is 41.9 Å². The summed E-state index contributed by atoms with van der Waals surface area (Å²) in [6, 6.07) is 20.9. The first kappa shape index (κ1) is 22.9. The predicted molar refractivity (Wildman–Crippen MR) is 129 cm³/mol. The molecule has 0 fully saturated rings. The second-order valence-corrected chi connectivity index (χ2v) is 9.90. The topological polar surface area (TPSA) is 77.4 Å². The predicted octanol–water partition coefficient (Wildman–Crippen LogP) is 4.50.